The Morgan fingerprint density at radius 2 is 1.73 bits per heavy atom. The zero-order valence-electron chi connectivity index (χ0n) is 9.75. The molecule has 3 atom stereocenters. The lowest BCUT2D eigenvalue weighted by molar-refractivity contribution is 0.0327. The van der Waals surface area contributed by atoms with Gasteiger partial charge in [0.2, 0.25) is 0 Å². The van der Waals surface area contributed by atoms with E-state index in [1.165, 1.54) is 64.5 Å². The average molecular weight is 208 g/mol. The first-order valence-electron chi connectivity index (χ1n) is 6.94. The molecule has 2 heteroatoms. The summed E-state index contributed by atoms with van der Waals surface area (Å²) in [4.78, 5) is 2.86. The van der Waals surface area contributed by atoms with Gasteiger partial charge in [0.1, 0.15) is 0 Å². The molecule has 1 saturated carbocycles. The number of piperazine rings is 1. The van der Waals surface area contributed by atoms with Gasteiger partial charge in [0, 0.05) is 24.7 Å². The van der Waals surface area contributed by atoms with E-state index < -0.39 is 0 Å². The summed E-state index contributed by atoms with van der Waals surface area (Å²) in [5.74, 6) is 0. The van der Waals surface area contributed by atoms with E-state index >= 15 is 0 Å². The maximum Gasteiger partial charge on any atom is 0.0252 e. The minimum absolute atomic E-state index is 0.821. The van der Waals surface area contributed by atoms with Crippen LogP contribution < -0.4 is 5.32 Å². The second-order valence-electron chi connectivity index (χ2n) is 5.61. The Kier molecular flexibility index (Phi) is 2.98. The smallest absolute Gasteiger partial charge is 0.0252 e. The molecular weight excluding hydrogens is 184 g/mol. The fraction of sp³-hybridized carbons (Fsp3) is 1.00. The highest BCUT2D eigenvalue weighted by Crippen LogP contribution is 2.30. The van der Waals surface area contributed by atoms with Gasteiger partial charge in [0.05, 0.1) is 0 Å². The van der Waals surface area contributed by atoms with E-state index in [2.05, 4.69) is 10.2 Å². The van der Waals surface area contributed by atoms with Crippen molar-refractivity contribution in [1.29, 1.82) is 0 Å². The third-order valence-electron chi connectivity index (χ3n) is 4.69. The Morgan fingerprint density at radius 1 is 0.867 bits per heavy atom. The van der Waals surface area contributed by atoms with Crippen LogP contribution in [0.3, 0.4) is 0 Å². The lowest BCUT2D eigenvalue weighted by Crippen LogP contribution is -2.63. The van der Waals surface area contributed by atoms with Gasteiger partial charge in [0.25, 0.3) is 0 Å². The van der Waals surface area contributed by atoms with Crippen molar-refractivity contribution in [1.82, 2.24) is 10.2 Å². The Hall–Kier alpha value is -0.0800. The fourth-order valence-corrected chi connectivity index (χ4v) is 3.89. The van der Waals surface area contributed by atoms with Crippen LogP contribution in [0.25, 0.3) is 0 Å². The Morgan fingerprint density at radius 3 is 2.73 bits per heavy atom. The summed E-state index contributed by atoms with van der Waals surface area (Å²) in [5, 5.41) is 3.82. The van der Waals surface area contributed by atoms with Crippen LogP contribution in [0.2, 0.25) is 0 Å². The SMILES string of the molecule is C1CCC2NCC3CCCCN3C2CC1. The second-order valence-corrected chi connectivity index (χ2v) is 5.61. The van der Waals surface area contributed by atoms with Crippen LogP contribution in [0.1, 0.15) is 51.4 Å². The highest BCUT2D eigenvalue weighted by atomic mass is 15.3. The van der Waals surface area contributed by atoms with E-state index in [0.29, 0.717) is 0 Å². The van der Waals surface area contributed by atoms with Crippen LogP contribution in [-0.4, -0.2) is 36.1 Å². The number of rotatable bonds is 0. The van der Waals surface area contributed by atoms with Crippen LogP contribution in [-0.2, 0) is 0 Å². The van der Waals surface area contributed by atoms with E-state index in [0.717, 1.165) is 18.1 Å². The quantitative estimate of drug-likeness (QED) is 0.656. The average Bonchev–Trinajstić information content (AvgIpc) is 2.54. The lowest BCUT2D eigenvalue weighted by Gasteiger charge is -2.49. The molecule has 3 rings (SSSR count). The van der Waals surface area contributed by atoms with Crippen molar-refractivity contribution >= 4 is 0 Å². The third-order valence-corrected chi connectivity index (χ3v) is 4.69. The number of nitrogens with one attached hydrogen (secondary N) is 1. The molecule has 2 heterocycles. The third kappa shape index (κ3) is 1.94. The van der Waals surface area contributed by atoms with Crippen molar-refractivity contribution in [3.05, 3.63) is 0 Å². The molecule has 0 aromatic heterocycles. The molecule has 86 valence electrons. The molecule has 0 bridgehead atoms. The first-order valence-corrected chi connectivity index (χ1v) is 6.94. The van der Waals surface area contributed by atoms with E-state index in [9.17, 15) is 0 Å². The van der Waals surface area contributed by atoms with Gasteiger partial charge in [-0.25, -0.2) is 0 Å². The van der Waals surface area contributed by atoms with Gasteiger partial charge >= 0.3 is 0 Å². The molecule has 0 aromatic rings. The standard InChI is InChI=1S/C13H24N2/c1-2-7-12-13(8-3-1)15-9-5-4-6-11(15)10-14-12/h11-14H,1-10H2. The van der Waals surface area contributed by atoms with Crippen molar-refractivity contribution in [2.24, 2.45) is 0 Å². The summed E-state index contributed by atoms with van der Waals surface area (Å²) in [6, 6.07) is 2.58. The van der Waals surface area contributed by atoms with Crippen molar-refractivity contribution in [3.8, 4) is 0 Å². The molecule has 2 saturated heterocycles. The van der Waals surface area contributed by atoms with Crippen LogP contribution in [0.15, 0.2) is 0 Å². The van der Waals surface area contributed by atoms with E-state index in [4.69, 9.17) is 0 Å². The van der Waals surface area contributed by atoms with Gasteiger partial charge in [0.15, 0.2) is 0 Å². The molecule has 1 aliphatic carbocycles. The minimum atomic E-state index is 0.821. The van der Waals surface area contributed by atoms with Crippen molar-refractivity contribution in [3.63, 3.8) is 0 Å². The van der Waals surface area contributed by atoms with E-state index in [1.807, 2.05) is 0 Å². The molecule has 15 heavy (non-hydrogen) atoms. The number of fused-ring (bicyclic) bond motifs is 3. The summed E-state index contributed by atoms with van der Waals surface area (Å²) in [6.45, 7) is 2.65. The van der Waals surface area contributed by atoms with E-state index in [1.54, 1.807) is 0 Å². The molecule has 2 nitrogen and oxygen atoms in total. The van der Waals surface area contributed by atoms with Crippen molar-refractivity contribution in [2.45, 2.75) is 69.5 Å². The Bertz CT molecular complexity index is 217. The number of piperidine rings is 1. The summed E-state index contributed by atoms with van der Waals surface area (Å²) < 4.78 is 0. The maximum absolute atomic E-state index is 3.82. The molecule has 0 amide bonds. The summed E-state index contributed by atoms with van der Waals surface area (Å²) in [5.41, 5.74) is 0. The first-order chi connectivity index (χ1) is 7.45. The van der Waals surface area contributed by atoms with Gasteiger partial charge in [-0.15, -0.1) is 0 Å². The predicted molar refractivity (Wildman–Crippen MR) is 63.0 cm³/mol. The van der Waals surface area contributed by atoms with Crippen molar-refractivity contribution < 1.29 is 0 Å². The van der Waals surface area contributed by atoms with Gasteiger partial charge in [-0.2, -0.15) is 0 Å². The lowest BCUT2D eigenvalue weighted by atomic mass is 9.90. The zero-order chi connectivity index (χ0) is 10.1. The number of hydrogen-bond acceptors (Lipinski definition) is 2. The predicted octanol–water partition coefficient (Wildman–Crippen LogP) is 2.15. The summed E-state index contributed by atoms with van der Waals surface area (Å²) in [6.07, 6.45) is 11.6. The van der Waals surface area contributed by atoms with Gasteiger partial charge in [-0.3, -0.25) is 4.90 Å². The van der Waals surface area contributed by atoms with Crippen LogP contribution in [0, 0.1) is 0 Å². The monoisotopic (exact) mass is 208 g/mol. The largest absolute Gasteiger partial charge is 0.311 e. The summed E-state index contributed by atoms with van der Waals surface area (Å²) in [7, 11) is 0. The van der Waals surface area contributed by atoms with E-state index in [-0.39, 0.29) is 0 Å². The Labute approximate surface area is 93.4 Å². The maximum atomic E-state index is 3.82. The molecule has 0 aromatic carbocycles. The van der Waals surface area contributed by atoms with Gasteiger partial charge in [-0.05, 0) is 32.2 Å². The van der Waals surface area contributed by atoms with Gasteiger partial charge < -0.3 is 5.32 Å². The second kappa shape index (κ2) is 4.42. The topological polar surface area (TPSA) is 15.3 Å². The van der Waals surface area contributed by atoms with Crippen LogP contribution >= 0.6 is 0 Å². The molecule has 0 spiro atoms. The molecule has 0 radical (unpaired) electrons. The number of hydrogen-bond donors (Lipinski definition) is 1. The minimum Gasteiger partial charge on any atom is -0.311 e. The van der Waals surface area contributed by atoms with Crippen LogP contribution in [0.4, 0.5) is 0 Å². The van der Waals surface area contributed by atoms with Crippen molar-refractivity contribution in [2.75, 3.05) is 13.1 Å². The van der Waals surface area contributed by atoms with Gasteiger partial charge in [-0.1, -0.05) is 25.7 Å². The first kappa shape index (κ1) is 10.1. The molecule has 3 aliphatic rings. The Balaban J connectivity index is 1.74. The van der Waals surface area contributed by atoms with Crippen LogP contribution in [0.5, 0.6) is 0 Å². The molecule has 2 aliphatic heterocycles. The molecule has 1 N–H and O–H groups in total. The highest BCUT2D eigenvalue weighted by Gasteiger charge is 2.37. The zero-order valence-corrected chi connectivity index (χ0v) is 9.75. The molecule has 3 unspecified atom stereocenters. The fourth-order valence-electron chi connectivity index (χ4n) is 3.89. The summed E-state index contributed by atoms with van der Waals surface area (Å²) >= 11 is 0. The normalized spacial score (nSPS) is 42.8. The number of nitrogens with zero attached hydrogens (tertiary/aromatic N) is 1. The molecule has 3 fully saturated rings. The molecular formula is C13H24N2. The highest BCUT2D eigenvalue weighted by molar-refractivity contribution is 4.96.